The van der Waals surface area contributed by atoms with Gasteiger partial charge in [-0.3, -0.25) is 0 Å². The summed E-state index contributed by atoms with van der Waals surface area (Å²) in [4.78, 5) is 14.5. The van der Waals surface area contributed by atoms with Crippen molar-refractivity contribution >= 4 is 0 Å². The lowest BCUT2D eigenvalue weighted by molar-refractivity contribution is -0.273. The molecule has 0 atom stereocenters. The topological polar surface area (TPSA) is 24.9 Å². The monoisotopic (exact) mass is 230 g/mol. The van der Waals surface area contributed by atoms with Crippen molar-refractivity contribution in [3.05, 3.63) is 0 Å². The van der Waals surface area contributed by atoms with Gasteiger partial charge in [-0.25, -0.2) is 9.78 Å². The van der Waals surface area contributed by atoms with Crippen LogP contribution in [0.15, 0.2) is 0 Å². The number of hydrogen-bond acceptors (Lipinski definition) is 4. The van der Waals surface area contributed by atoms with Crippen LogP contribution >= 0.6 is 0 Å². The molecule has 1 heterocycles. The molecular weight excluding hydrogens is 204 g/mol. The molecule has 0 N–H and O–H groups in total. The Morgan fingerprint density at radius 1 is 0.938 bits per heavy atom. The van der Waals surface area contributed by atoms with Crippen LogP contribution in [0.2, 0.25) is 0 Å². The molecule has 1 saturated heterocycles. The molecule has 1 rings (SSSR count). The first-order valence-corrected chi connectivity index (χ1v) is 6.47. The van der Waals surface area contributed by atoms with E-state index in [-0.39, 0.29) is 0 Å². The molecule has 1 aliphatic heterocycles. The van der Waals surface area contributed by atoms with E-state index in [9.17, 15) is 0 Å². The highest BCUT2D eigenvalue weighted by Crippen LogP contribution is 2.04. The molecule has 4 heteroatoms. The highest BCUT2D eigenvalue weighted by atomic mass is 17.2. The molecule has 0 amide bonds. The summed E-state index contributed by atoms with van der Waals surface area (Å²) in [6.07, 6.45) is 3.69. The fraction of sp³-hybridized carbons (Fsp3) is 1.00. The van der Waals surface area contributed by atoms with Crippen LogP contribution in [-0.4, -0.2) is 62.8 Å². The van der Waals surface area contributed by atoms with Crippen molar-refractivity contribution in [3.8, 4) is 0 Å². The highest BCUT2D eigenvalue weighted by molar-refractivity contribution is 4.71. The van der Waals surface area contributed by atoms with Crippen LogP contribution in [0.25, 0.3) is 0 Å². The average molecular weight is 230 g/mol. The van der Waals surface area contributed by atoms with Gasteiger partial charge in [-0.05, 0) is 19.4 Å². The minimum Gasteiger partial charge on any atom is -0.301 e. The first-order valence-electron chi connectivity index (χ1n) is 6.47. The minimum atomic E-state index is 0.701. The summed E-state index contributed by atoms with van der Waals surface area (Å²) in [7, 11) is 1.56. The van der Waals surface area contributed by atoms with Crippen molar-refractivity contribution in [1.29, 1.82) is 0 Å². The first-order chi connectivity index (χ1) is 7.86. The van der Waals surface area contributed by atoms with Crippen LogP contribution in [-0.2, 0) is 9.78 Å². The van der Waals surface area contributed by atoms with Gasteiger partial charge in [0.05, 0.1) is 13.7 Å². The van der Waals surface area contributed by atoms with E-state index < -0.39 is 0 Å². The molecule has 1 aliphatic rings. The summed E-state index contributed by atoms with van der Waals surface area (Å²) >= 11 is 0. The summed E-state index contributed by atoms with van der Waals surface area (Å²) in [5.41, 5.74) is 0. The highest BCUT2D eigenvalue weighted by Gasteiger charge is 2.15. The van der Waals surface area contributed by atoms with Crippen LogP contribution < -0.4 is 0 Å². The molecule has 96 valence electrons. The smallest absolute Gasteiger partial charge is 0.0834 e. The van der Waals surface area contributed by atoms with E-state index in [4.69, 9.17) is 4.89 Å². The van der Waals surface area contributed by atoms with Gasteiger partial charge in [0.2, 0.25) is 0 Å². The molecular formula is C12H26N2O2. The quantitative estimate of drug-likeness (QED) is 0.357. The number of unbranched alkanes of at least 4 members (excludes halogenated alkanes) is 1. The molecule has 0 aromatic heterocycles. The number of nitrogens with zero attached hydrogens (tertiary/aromatic N) is 2. The third-order valence-electron chi connectivity index (χ3n) is 3.11. The lowest BCUT2D eigenvalue weighted by atomic mass is 10.2. The largest absolute Gasteiger partial charge is 0.301 e. The number of piperazine rings is 1. The van der Waals surface area contributed by atoms with Crippen LogP contribution in [0.3, 0.4) is 0 Å². The Morgan fingerprint density at radius 3 is 2.00 bits per heavy atom. The summed E-state index contributed by atoms with van der Waals surface area (Å²) in [5.74, 6) is 0. The van der Waals surface area contributed by atoms with E-state index in [1.54, 1.807) is 7.11 Å². The number of hydrogen-bond donors (Lipinski definition) is 0. The van der Waals surface area contributed by atoms with Crippen LogP contribution in [0, 0.1) is 0 Å². The lowest BCUT2D eigenvalue weighted by Crippen LogP contribution is -2.46. The Morgan fingerprint density at radius 2 is 1.50 bits per heavy atom. The van der Waals surface area contributed by atoms with Crippen molar-refractivity contribution in [2.45, 2.75) is 26.2 Å². The van der Waals surface area contributed by atoms with Gasteiger partial charge in [-0.2, -0.15) is 0 Å². The third kappa shape index (κ3) is 5.80. The molecule has 0 unspecified atom stereocenters. The van der Waals surface area contributed by atoms with Gasteiger partial charge in [-0.1, -0.05) is 13.3 Å². The molecule has 0 aliphatic carbocycles. The van der Waals surface area contributed by atoms with Crippen LogP contribution in [0.1, 0.15) is 26.2 Å². The zero-order valence-corrected chi connectivity index (χ0v) is 10.8. The summed E-state index contributed by atoms with van der Waals surface area (Å²) in [5, 5.41) is 0. The van der Waals surface area contributed by atoms with E-state index in [1.807, 2.05) is 0 Å². The zero-order valence-electron chi connectivity index (χ0n) is 10.8. The minimum absolute atomic E-state index is 0.701. The number of rotatable bonds is 8. The SMILES string of the molecule is CCCCN1CCN(CCCOOC)CC1. The summed E-state index contributed by atoms with van der Waals surface area (Å²) < 4.78 is 0. The Bertz CT molecular complexity index is 159. The van der Waals surface area contributed by atoms with Crippen LogP contribution in [0.4, 0.5) is 0 Å². The molecule has 0 radical (unpaired) electrons. The second kappa shape index (κ2) is 8.93. The summed E-state index contributed by atoms with van der Waals surface area (Å²) in [6, 6.07) is 0. The fourth-order valence-electron chi connectivity index (χ4n) is 2.05. The van der Waals surface area contributed by atoms with E-state index in [0.29, 0.717) is 6.61 Å². The molecule has 0 spiro atoms. The zero-order chi connectivity index (χ0) is 11.6. The molecule has 0 saturated carbocycles. The maximum atomic E-state index is 4.86. The van der Waals surface area contributed by atoms with Crippen molar-refractivity contribution in [2.75, 3.05) is 53.0 Å². The standard InChI is InChI=1S/C12H26N2O2/c1-3-4-6-13-8-10-14(11-9-13)7-5-12-16-15-2/h3-12H2,1-2H3. The predicted molar refractivity (Wildman–Crippen MR) is 65.4 cm³/mol. The Balaban J connectivity index is 1.98. The van der Waals surface area contributed by atoms with E-state index in [2.05, 4.69) is 21.6 Å². The first kappa shape index (κ1) is 13.9. The normalized spacial score (nSPS) is 19.1. The molecule has 0 bridgehead atoms. The van der Waals surface area contributed by atoms with Crippen molar-refractivity contribution < 1.29 is 9.78 Å². The fourth-order valence-corrected chi connectivity index (χ4v) is 2.05. The molecule has 16 heavy (non-hydrogen) atoms. The molecule has 4 nitrogen and oxygen atoms in total. The van der Waals surface area contributed by atoms with Crippen molar-refractivity contribution in [1.82, 2.24) is 9.80 Å². The van der Waals surface area contributed by atoms with Gasteiger partial charge in [0, 0.05) is 32.7 Å². The van der Waals surface area contributed by atoms with Gasteiger partial charge < -0.3 is 9.80 Å². The van der Waals surface area contributed by atoms with Crippen molar-refractivity contribution in [2.24, 2.45) is 0 Å². The lowest BCUT2D eigenvalue weighted by Gasteiger charge is -2.34. The van der Waals surface area contributed by atoms with E-state index in [0.717, 1.165) is 13.0 Å². The maximum Gasteiger partial charge on any atom is 0.0834 e. The van der Waals surface area contributed by atoms with E-state index in [1.165, 1.54) is 45.6 Å². The van der Waals surface area contributed by atoms with Gasteiger partial charge >= 0.3 is 0 Å². The average Bonchev–Trinajstić information content (AvgIpc) is 2.33. The predicted octanol–water partition coefficient (Wildman–Crippen LogP) is 1.37. The molecule has 0 aromatic rings. The Kier molecular flexibility index (Phi) is 7.76. The second-order valence-corrected chi connectivity index (χ2v) is 4.38. The van der Waals surface area contributed by atoms with Gasteiger partial charge in [0.1, 0.15) is 0 Å². The second-order valence-electron chi connectivity index (χ2n) is 4.38. The third-order valence-corrected chi connectivity index (χ3v) is 3.11. The van der Waals surface area contributed by atoms with Gasteiger partial charge in [0.15, 0.2) is 0 Å². The Hall–Kier alpha value is -0.160. The van der Waals surface area contributed by atoms with Crippen molar-refractivity contribution in [3.63, 3.8) is 0 Å². The van der Waals surface area contributed by atoms with E-state index >= 15 is 0 Å². The summed E-state index contributed by atoms with van der Waals surface area (Å²) in [6.45, 7) is 10.2. The maximum absolute atomic E-state index is 4.86. The van der Waals surface area contributed by atoms with Gasteiger partial charge in [0.25, 0.3) is 0 Å². The molecule has 1 fully saturated rings. The van der Waals surface area contributed by atoms with Crippen LogP contribution in [0.5, 0.6) is 0 Å². The molecule has 0 aromatic carbocycles. The van der Waals surface area contributed by atoms with Gasteiger partial charge in [-0.15, -0.1) is 0 Å². The Labute approximate surface area is 99.4 Å².